The first kappa shape index (κ1) is 32.8. The van der Waals surface area contributed by atoms with E-state index in [2.05, 4.69) is 10.5 Å². The van der Waals surface area contributed by atoms with E-state index in [1.54, 1.807) is 53.6 Å². The molecule has 0 bridgehead atoms. The number of carbonyl (C=O) groups is 3. The molecule has 3 aliphatic rings. The first-order chi connectivity index (χ1) is 22.1. The van der Waals surface area contributed by atoms with Gasteiger partial charge in [0.25, 0.3) is 0 Å². The summed E-state index contributed by atoms with van der Waals surface area (Å²) < 4.78 is 28.4. The van der Waals surface area contributed by atoms with Crippen LogP contribution in [0, 0.1) is 30.0 Å². The standard InChI is InChI=1S/C37H43FN4O5/c1-19-27-22(16-24-30(41(6)7)32-29(20(2)40-47-32)34(44)37(24,5)33(27)43)15-23-25(38)17-26(39-35(45)36(3,4)42(8)9)31(28(19)23)46-18-21-13-11-10-12-14-21/h10-14,17,22,24,30H,15-16,18H2,1-9H3,(H,39,45). The zero-order chi connectivity index (χ0) is 34.2. The summed E-state index contributed by atoms with van der Waals surface area (Å²) in [7, 11) is 7.41. The van der Waals surface area contributed by atoms with Gasteiger partial charge < -0.3 is 14.6 Å². The van der Waals surface area contributed by atoms with Gasteiger partial charge in [-0.2, -0.15) is 0 Å². The fraction of sp³-hybridized carbons (Fsp3) is 0.459. The summed E-state index contributed by atoms with van der Waals surface area (Å²) in [4.78, 5) is 46.4. The molecular weight excluding hydrogens is 599 g/mol. The molecule has 1 heterocycles. The highest BCUT2D eigenvalue weighted by Crippen LogP contribution is 2.59. The maximum atomic E-state index is 16.3. The first-order valence-corrected chi connectivity index (χ1v) is 16.0. The Hall–Kier alpha value is -4.15. The number of hydrogen-bond donors (Lipinski definition) is 1. The Morgan fingerprint density at radius 2 is 1.79 bits per heavy atom. The van der Waals surface area contributed by atoms with Gasteiger partial charge in [0.1, 0.15) is 12.4 Å². The van der Waals surface area contributed by atoms with Gasteiger partial charge in [0, 0.05) is 23.1 Å². The summed E-state index contributed by atoms with van der Waals surface area (Å²) in [6.45, 7) is 8.99. The second kappa shape index (κ2) is 11.5. The van der Waals surface area contributed by atoms with Gasteiger partial charge in [-0.1, -0.05) is 35.5 Å². The summed E-state index contributed by atoms with van der Waals surface area (Å²) in [5, 5.41) is 7.04. The van der Waals surface area contributed by atoms with Crippen molar-refractivity contribution in [3.63, 3.8) is 0 Å². The molecule has 0 radical (unpaired) electrons. The van der Waals surface area contributed by atoms with Gasteiger partial charge in [0.15, 0.2) is 23.1 Å². The zero-order valence-corrected chi connectivity index (χ0v) is 28.6. The molecule has 1 saturated carbocycles. The van der Waals surface area contributed by atoms with Crippen molar-refractivity contribution in [1.29, 1.82) is 0 Å². The number of aryl methyl sites for hydroxylation is 1. The zero-order valence-electron chi connectivity index (χ0n) is 28.6. The maximum Gasteiger partial charge on any atom is 0.244 e. The van der Waals surface area contributed by atoms with Crippen LogP contribution in [0.4, 0.5) is 10.1 Å². The van der Waals surface area contributed by atoms with E-state index < -0.39 is 22.7 Å². The second-order valence-corrected chi connectivity index (χ2v) is 14.3. The molecule has 1 N–H and O–H groups in total. The predicted octanol–water partition coefficient (Wildman–Crippen LogP) is 6.02. The molecule has 4 unspecified atom stereocenters. The molecule has 0 spiro atoms. The molecule has 2 aromatic carbocycles. The van der Waals surface area contributed by atoms with Crippen LogP contribution in [-0.4, -0.2) is 66.2 Å². The number of anilines is 1. The summed E-state index contributed by atoms with van der Waals surface area (Å²) in [5.74, 6) is -1.31. The molecule has 0 saturated heterocycles. The minimum Gasteiger partial charge on any atom is -0.486 e. The van der Waals surface area contributed by atoms with Crippen molar-refractivity contribution in [1.82, 2.24) is 15.0 Å². The number of amides is 1. The lowest BCUT2D eigenvalue weighted by atomic mass is 9.51. The monoisotopic (exact) mass is 642 g/mol. The van der Waals surface area contributed by atoms with Crippen LogP contribution in [0.25, 0.3) is 5.57 Å². The number of hydrogen-bond acceptors (Lipinski definition) is 8. The molecule has 3 aromatic rings. The van der Waals surface area contributed by atoms with Gasteiger partial charge in [-0.05, 0) is 98.3 Å². The Labute approximate surface area is 275 Å². The largest absolute Gasteiger partial charge is 0.486 e. The lowest BCUT2D eigenvalue weighted by Crippen LogP contribution is -2.56. The molecule has 4 atom stereocenters. The lowest BCUT2D eigenvalue weighted by molar-refractivity contribution is -0.130. The van der Waals surface area contributed by atoms with E-state index in [1.165, 1.54) is 6.07 Å². The van der Waals surface area contributed by atoms with Crippen molar-refractivity contribution < 1.29 is 28.0 Å². The number of likely N-dealkylation sites (N-methyl/N-ethyl adjacent to an activating group) is 1. The highest BCUT2D eigenvalue weighted by Gasteiger charge is 2.62. The highest BCUT2D eigenvalue weighted by molar-refractivity contribution is 6.23. The number of halogens is 1. The minimum atomic E-state index is -1.37. The molecule has 1 fully saturated rings. The van der Waals surface area contributed by atoms with Crippen LogP contribution in [0.5, 0.6) is 5.75 Å². The number of Topliss-reactive ketones (excluding diaryl/α,β-unsaturated/α-hetero) is 2. The summed E-state index contributed by atoms with van der Waals surface area (Å²) >= 11 is 0. The van der Waals surface area contributed by atoms with E-state index in [0.717, 1.165) is 5.56 Å². The Morgan fingerprint density at radius 1 is 1.11 bits per heavy atom. The first-order valence-electron chi connectivity index (χ1n) is 16.0. The van der Waals surface area contributed by atoms with Crippen LogP contribution >= 0.6 is 0 Å². The predicted molar refractivity (Wildman–Crippen MR) is 177 cm³/mol. The molecule has 1 amide bonds. The number of fused-ring (bicyclic) bond motifs is 4. The Balaban J connectivity index is 1.51. The number of ketones is 2. The number of rotatable bonds is 7. The van der Waals surface area contributed by atoms with Crippen LogP contribution in [0.15, 0.2) is 46.5 Å². The van der Waals surface area contributed by atoms with Gasteiger partial charge in [-0.3, -0.25) is 24.2 Å². The molecule has 10 heteroatoms. The van der Waals surface area contributed by atoms with Crippen molar-refractivity contribution in [2.75, 3.05) is 33.5 Å². The summed E-state index contributed by atoms with van der Waals surface area (Å²) in [6, 6.07) is 10.5. The van der Waals surface area contributed by atoms with Crippen molar-refractivity contribution in [3.05, 3.63) is 81.5 Å². The van der Waals surface area contributed by atoms with Crippen LogP contribution in [0.3, 0.4) is 0 Å². The van der Waals surface area contributed by atoms with E-state index >= 15 is 4.39 Å². The number of nitrogens with zero attached hydrogens (tertiary/aromatic N) is 3. The molecule has 6 rings (SSSR count). The van der Waals surface area contributed by atoms with E-state index in [-0.39, 0.29) is 48.1 Å². The van der Waals surface area contributed by atoms with Gasteiger partial charge in [0.05, 0.1) is 33.9 Å². The Bertz CT molecular complexity index is 1830. The number of allylic oxidation sites excluding steroid dienone is 2. The average Bonchev–Trinajstić information content (AvgIpc) is 3.39. The van der Waals surface area contributed by atoms with Crippen LogP contribution in [0.2, 0.25) is 0 Å². The summed E-state index contributed by atoms with van der Waals surface area (Å²) in [6.07, 6.45) is 0.735. The molecule has 1 aromatic heterocycles. The fourth-order valence-electron chi connectivity index (χ4n) is 7.67. The maximum absolute atomic E-state index is 16.3. The normalized spacial score (nSPS) is 23.8. The molecule has 9 nitrogen and oxygen atoms in total. The minimum absolute atomic E-state index is 0.164. The lowest BCUT2D eigenvalue weighted by Gasteiger charge is -2.51. The van der Waals surface area contributed by atoms with E-state index in [4.69, 9.17) is 9.26 Å². The third-order valence-electron chi connectivity index (χ3n) is 10.9. The van der Waals surface area contributed by atoms with Crippen LogP contribution < -0.4 is 10.1 Å². The number of ether oxygens (including phenoxy) is 1. The molecule has 0 aliphatic heterocycles. The molecular formula is C37H43FN4O5. The number of nitrogens with one attached hydrogen (secondary N) is 1. The molecule has 47 heavy (non-hydrogen) atoms. The average molecular weight is 643 g/mol. The van der Waals surface area contributed by atoms with Gasteiger partial charge in [-0.15, -0.1) is 0 Å². The Kier molecular flexibility index (Phi) is 8.04. The van der Waals surface area contributed by atoms with E-state index in [9.17, 15) is 14.4 Å². The number of aromatic nitrogens is 1. The van der Waals surface area contributed by atoms with Gasteiger partial charge in [-0.25, -0.2) is 4.39 Å². The second-order valence-electron chi connectivity index (χ2n) is 14.3. The topological polar surface area (TPSA) is 105 Å². The number of carbonyl (C=O) groups excluding carboxylic acids is 3. The SMILES string of the molecule is CC1=C2C(=O)C3(C)C(=O)c4c(C)noc4C(N(C)C)C3CC2Cc2c(F)cc(NC(=O)C(C)(C)N(C)C)c(OCc3ccccc3)c21. The van der Waals surface area contributed by atoms with Crippen LogP contribution in [-0.2, 0) is 22.6 Å². The summed E-state index contributed by atoms with van der Waals surface area (Å²) in [5.41, 5.74) is 1.60. The van der Waals surface area contributed by atoms with Crippen molar-refractivity contribution in [2.45, 2.75) is 65.6 Å². The van der Waals surface area contributed by atoms with Gasteiger partial charge in [0.2, 0.25) is 5.91 Å². The van der Waals surface area contributed by atoms with Gasteiger partial charge >= 0.3 is 0 Å². The third-order valence-corrected chi connectivity index (χ3v) is 10.9. The fourth-order valence-corrected chi connectivity index (χ4v) is 7.67. The van der Waals surface area contributed by atoms with Crippen molar-refractivity contribution >= 4 is 28.7 Å². The smallest absolute Gasteiger partial charge is 0.244 e. The highest BCUT2D eigenvalue weighted by atomic mass is 19.1. The van der Waals surface area contributed by atoms with E-state index in [0.29, 0.717) is 51.5 Å². The quantitative estimate of drug-likeness (QED) is 0.312. The van der Waals surface area contributed by atoms with E-state index in [1.807, 2.05) is 49.3 Å². The van der Waals surface area contributed by atoms with Crippen molar-refractivity contribution in [2.24, 2.45) is 17.3 Å². The van der Waals surface area contributed by atoms with Crippen molar-refractivity contribution in [3.8, 4) is 5.75 Å². The van der Waals surface area contributed by atoms with Crippen LogP contribution in [0.1, 0.15) is 78.7 Å². The molecule has 248 valence electrons. The third kappa shape index (κ3) is 4.95. The number of benzene rings is 2. The molecule has 3 aliphatic carbocycles. The Morgan fingerprint density at radius 3 is 2.43 bits per heavy atom.